The number of nitrogens with one attached hydrogen (secondary N) is 3. The van der Waals surface area contributed by atoms with Crippen molar-refractivity contribution in [3.8, 4) is 5.75 Å². The predicted octanol–water partition coefficient (Wildman–Crippen LogP) is 1.78. The van der Waals surface area contributed by atoms with Gasteiger partial charge in [-0.25, -0.2) is 4.79 Å². The summed E-state index contributed by atoms with van der Waals surface area (Å²) >= 11 is 3.41. The van der Waals surface area contributed by atoms with E-state index < -0.39 is 18.0 Å². The van der Waals surface area contributed by atoms with Gasteiger partial charge in [0, 0.05) is 18.7 Å². The molecule has 1 unspecified atom stereocenters. The van der Waals surface area contributed by atoms with Crippen LogP contribution in [0.4, 0.5) is 4.79 Å². The molecule has 1 atom stereocenters. The van der Waals surface area contributed by atoms with Crippen molar-refractivity contribution in [1.29, 1.82) is 0 Å². The Labute approximate surface area is 132 Å². The van der Waals surface area contributed by atoms with E-state index in [1.165, 1.54) is 0 Å². The third-order valence-corrected chi connectivity index (χ3v) is 3.28. The van der Waals surface area contributed by atoms with Crippen molar-refractivity contribution in [2.75, 3.05) is 13.6 Å². The molecular weight excluding hydrogens is 338 g/mol. The van der Waals surface area contributed by atoms with Crippen LogP contribution >= 0.6 is 15.9 Å². The largest absolute Gasteiger partial charge is 0.479 e. The van der Waals surface area contributed by atoms with Gasteiger partial charge in [-0.15, -0.1) is 0 Å². The fourth-order valence-electron chi connectivity index (χ4n) is 1.66. The maximum atomic E-state index is 11.9. The van der Waals surface area contributed by atoms with Gasteiger partial charge >= 0.3 is 6.03 Å². The third kappa shape index (κ3) is 5.35. The molecule has 3 amide bonds. The molecule has 1 rings (SSSR count). The van der Waals surface area contributed by atoms with Crippen LogP contribution < -0.4 is 20.7 Å². The smallest absolute Gasteiger partial charge is 0.321 e. The number of rotatable bonds is 6. The first kappa shape index (κ1) is 17.5. The van der Waals surface area contributed by atoms with Crippen LogP contribution in [-0.2, 0) is 11.3 Å². The number of hydrogen-bond acceptors (Lipinski definition) is 4. The molecule has 0 saturated carbocycles. The van der Waals surface area contributed by atoms with Gasteiger partial charge in [0.2, 0.25) is 0 Å². The van der Waals surface area contributed by atoms with Crippen LogP contribution in [0.3, 0.4) is 0 Å². The second-order valence-electron chi connectivity index (χ2n) is 4.37. The highest BCUT2D eigenvalue weighted by atomic mass is 79.9. The van der Waals surface area contributed by atoms with Gasteiger partial charge in [0.05, 0.1) is 4.47 Å². The number of para-hydroxylation sites is 1. The second-order valence-corrected chi connectivity index (χ2v) is 5.22. The summed E-state index contributed by atoms with van der Waals surface area (Å²) in [6, 6.07) is 5.11. The van der Waals surface area contributed by atoms with Gasteiger partial charge in [0.15, 0.2) is 6.10 Å². The molecule has 0 aliphatic rings. The number of carbonyl (C=O) groups is 2. The molecule has 0 aliphatic heterocycles. The minimum absolute atomic E-state index is 0.449. The molecule has 0 heterocycles. The van der Waals surface area contributed by atoms with Crippen molar-refractivity contribution in [1.82, 2.24) is 16.0 Å². The highest BCUT2D eigenvalue weighted by molar-refractivity contribution is 9.10. The Balaban J connectivity index is 2.76. The summed E-state index contributed by atoms with van der Waals surface area (Å²) in [5.41, 5.74) is 0.921. The lowest BCUT2D eigenvalue weighted by Gasteiger charge is -2.18. The van der Waals surface area contributed by atoms with Gasteiger partial charge in [-0.05, 0) is 42.9 Å². The van der Waals surface area contributed by atoms with E-state index in [1.54, 1.807) is 13.8 Å². The maximum absolute atomic E-state index is 11.9. The third-order valence-electron chi connectivity index (χ3n) is 2.65. The van der Waals surface area contributed by atoms with Crippen LogP contribution in [0.5, 0.6) is 5.75 Å². The van der Waals surface area contributed by atoms with Crippen LogP contribution in [0.1, 0.15) is 19.4 Å². The summed E-state index contributed by atoms with van der Waals surface area (Å²) in [4.78, 5) is 23.2. The predicted molar refractivity (Wildman–Crippen MR) is 84.2 cm³/mol. The van der Waals surface area contributed by atoms with Gasteiger partial charge in [0.1, 0.15) is 5.75 Å². The fourth-order valence-corrected chi connectivity index (χ4v) is 2.16. The zero-order valence-corrected chi connectivity index (χ0v) is 13.9. The Morgan fingerprint density at radius 3 is 2.71 bits per heavy atom. The molecule has 7 heteroatoms. The minimum Gasteiger partial charge on any atom is -0.479 e. The molecule has 0 radical (unpaired) electrons. The molecule has 6 nitrogen and oxygen atoms in total. The van der Waals surface area contributed by atoms with Crippen LogP contribution in [0.25, 0.3) is 0 Å². The van der Waals surface area contributed by atoms with Crippen molar-refractivity contribution in [3.63, 3.8) is 0 Å². The van der Waals surface area contributed by atoms with Crippen LogP contribution in [-0.4, -0.2) is 31.6 Å². The zero-order chi connectivity index (χ0) is 15.8. The number of carbonyl (C=O) groups excluding carboxylic acids is 2. The normalized spacial score (nSPS) is 11.6. The fraction of sp³-hybridized carbons (Fsp3) is 0.429. The zero-order valence-electron chi connectivity index (χ0n) is 12.3. The van der Waals surface area contributed by atoms with Crippen molar-refractivity contribution in [2.45, 2.75) is 26.5 Å². The highest BCUT2D eigenvalue weighted by Crippen LogP contribution is 2.30. The molecular formula is C14H20BrN3O3. The summed E-state index contributed by atoms with van der Waals surface area (Å²) < 4.78 is 6.45. The Morgan fingerprint density at radius 2 is 2.10 bits per heavy atom. The van der Waals surface area contributed by atoms with E-state index >= 15 is 0 Å². The number of imide groups is 1. The van der Waals surface area contributed by atoms with Gasteiger partial charge in [-0.1, -0.05) is 12.1 Å². The number of hydrogen-bond donors (Lipinski definition) is 3. The van der Waals surface area contributed by atoms with E-state index in [4.69, 9.17) is 4.74 Å². The minimum atomic E-state index is -0.790. The van der Waals surface area contributed by atoms with Gasteiger partial charge in [-0.3, -0.25) is 10.1 Å². The molecule has 0 aliphatic carbocycles. The molecule has 0 saturated heterocycles. The Morgan fingerprint density at radius 1 is 1.38 bits per heavy atom. The molecule has 116 valence electrons. The van der Waals surface area contributed by atoms with E-state index in [1.807, 2.05) is 25.2 Å². The lowest BCUT2D eigenvalue weighted by molar-refractivity contribution is -0.126. The monoisotopic (exact) mass is 357 g/mol. The summed E-state index contributed by atoms with van der Waals surface area (Å²) in [7, 11) is 1.83. The molecule has 0 fully saturated rings. The average Bonchev–Trinajstić information content (AvgIpc) is 2.42. The SMILES string of the molecule is CCNC(=O)NC(=O)C(C)Oc1c(Br)cccc1CNC. The Bertz CT molecular complexity index is 508. The molecule has 3 N–H and O–H groups in total. The molecule has 0 spiro atoms. The first-order chi connectivity index (χ1) is 9.99. The highest BCUT2D eigenvalue weighted by Gasteiger charge is 2.19. The van der Waals surface area contributed by atoms with Crippen molar-refractivity contribution < 1.29 is 14.3 Å². The van der Waals surface area contributed by atoms with E-state index in [0.717, 1.165) is 10.0 Å². The second kappa shape index (κ2) is 8.63. The van der Waals surface area contributed by atoms with Crippen molar-refractivity contribution >= 4 is 27.9 Å². The Hall–Kier alpha value is -1.60. The molecule has 21 heavy (non-hydrogen) atoms. The molecule has 0 bridgehead atoms. The summed E-state index contributed by atoms with van der Waals surface area (Å²) in [6.07, 6.45) is -0.790. The molecule has 0 aromatic heterocycles. The van der Waals surface area contributed by atoms with Crippen LogP contribution in [0, 0.1) is 0 Å². The van der Waals surface area contributed by atoms with Crippen LogP contribution in [0.2, 0.25) is 0 Å². The first-order valence-corrected chi connectivity index (χ1v) is 7.46. The molecule has 1 aromatic rings. The summed E-state index contributed by atoms with van der Waals surface area (Å²) in [5.74, 6) is 0.0949. The van der Waals surface area contributed by atoms with Gasteiger partial charge in [-0.2, -0.15) is 0 Å². The van der Waals surface area contributed by atoms with Gasteiger partial charge < -0.3 is 15.4 Å². The van der Waals surface area contributed by atoms with Gasteiger partial charge in [0.25, 0.3) is 5.91 Å². The average molecular weight is 358 g/mol. The summed E-state index contributed by atoms with van der Waals surface area (Å²) in [6.45, 7) is 4.43. The molecule has 1 aromatic carbocycles. The van der Waals surface area contributed by atoms with Crippen molar-refractivity contribution in [3.05, 3.63) is 28.2 Å². The van der Waals surface area contributed by atoms with E-state index in [9.17, 15) is 9.59 Å². The van der Waals surface area contributed by atoms with E-state index in [-0.39, 0.29) is 0 Å². The number of amides is 3. The van der Waals surface area contributed by atoms with E-state index in [0.29, 0.717) is 18.8 Å². The standard InChI is InChI=1S/C14H20BrN3O3/c1-4-17-14(20)18-13(19)9(2)21-12-10(8-16-3)6-5-7-11(12)15/h5-7,9,16H,4,8H2,1-3H3,(H2,17,18,19,20). The number of halogens is 1. The van der Waals surface area contributed by atoms with E-state index in [2.05, 4.69) is 31.9 Å². The Kier molecular flexibility index (Phi) is 7.18. The topological polar surface area (TPSA) is 79.5 Å². The summed E-state index contributed by atoms with van der Waals surface area (Å²) in [5, 5.41) is 7.76. The maximum Gasteiger partial charge on any atom is 0.321 e. The number of benzene rings is 1. The number of urea groups is 1. The lowest BCUT2D eigenvalue weighted by Crippen LogP contribution is -2.45. The number of ether oxygens (including phenoxy) is 1. The van der Waals surface area contributed by atoms with Crippen LogP contribution in [0.15, 0.2) is 22.7 Å². The quantitative estimate of drug-likeness (QED) is 0.724. The van der Waals surface area contributed by atoms with Crippen molar-refractivity contribution in [2.24, 2.45) is 0 Å². The first-order valence-electron chi connectivity index (χ1n) is 6.66. The lowest BCUT2D eigenvalue weighted by atomic mass is 10.2.